The van der Waals surface area contributed by atoms with Crippen LogP contribution in [0.5, 0.6) is 5.75 Å². The Morgan fingerprint density at radius 2 is 1.90 bits per heavy atom. The molecule has 6 heteroatoms. The minimum atomic E-state index is -0.249. The Kier molecular flexibility index (Phi) is 5.77. The van der Waals surface area contributed by atoms with Crippen LogP contribution >= 0.6 is 11.3 Å². The Hall–Kier alpha value is -3.64. The number of carbonyl (C=O) groups is 1. The highest BCUT2D eigenvalue weighted by Gasteiger charge is 2.23. The second kappa shape index (κ2) is 8.80. The highest BCUT2D eigenvalue weighted by Crippen LogP contribution is 2.37. The van der Waals surface area contributed by atoms with Crippen LogP contribution in [0.4, 0.5) is 10.8 Å². The molecular weight excluding hydrogens is 396 g/mol. The van der Waals surface area contributed by atoms with Crippen LogP contribution in [0, 0.1) is 6.92 Å². The Bertz CT molecular complexity index is 1160. The lowest BCUT2D eigenvalue weighted by molar-refractivity contribution is -0.113. The molecule has 0 unspecified atom stereocenters. The third-order valence-corrected chi connectivity index (χ3v) is 5.34. The van der Waals surface area contributed by atoms with Crippen LogP contribution in [-0.4, -0.2) is 18.0 Å². The number of amides is 1. The molecule has 5 nitrogen and oxygen atoms in total. The third-order valence-electron chi connectivity index (χ3n) is 4.51. The van der Waals surface area contributed by atoms with Crippen LogP contribution < -0.4 is 9.64 Å². The van der Waals surface area contributed by atoms with Gasteiger partial charge in [-0.25, -0.2) is 9.88 Å². The first kappa shape index (κ1) is 19.7. The molecule has 0 saturated heterocycles. The standard InChI is InChI=1S/C24H20N2O3S/c1-17-9-11-18(12-10-17)20-16-30-24(25-20)26(21-7-3-4-8-22(21)28-2)23(27)14-13-19-6-5-15-29-19/h3-16H,1-2H3. The Labute approximate surface area is 178 Å². The zero-order valence-corrected chi connectivity index (χ0v) is 17.4. The molecule has 0 spiro atoms. The number of rotatable bonds is 6. The van der Waals surface area contributed by atoms with E-state index >= 15 is 0 Å². The molecule has 0 bridgehead atoms. The lowest BCUT2D eigenvalue weighted by atomic mass is 10.1. The molecular formula is C24H20N2O3S. The number of hydrogen-bond donors (Lipinski definition) is 0. The van der Waals surface area contributed by atoms with Gasteiger partial charge in [-0.1, -0.05) is 42.0 Å². The van der Waals surface area contributed by atoms with E-state index in [1.165, 1.54) is 23.0 Å². The molecule has 0 aliphatic carbocycles. The average Bonchev–Trinajstić information content (AvgIpc) is 3.46. The number of hydrogen-bond acceptors (Lipinski definition) is 5. The molecule has 1 amide bonds. The normalized spacial score (nSPS) is 11.0. The van der Waals surface area contributed by atoms with Crippen molar-refractivity contribution in [1.29, 1.82) is 0 Å². The highest BCUT2D eigenvalue weighted by molar-refractivity contribution is 7.14. The molecule has 2 aromatic heterocycles. The molecule has 4 rings (SSSR count). The van der Waals surface area contributed by atoms with Gasteiger partial charge in [-0.2, -0.15) is 0 Å². The summed E-state index contributed by atoms with van der Waals surface area (Å²) in [6.45, 7) is 2.05. The summed E-state index contributed by atoms with van der Waals surface area (Å²) < 4.78 is 10.8. The van der Waals surface area contributed by atoms with Crippen molar-refractivity contribution in [1.82, 2.24) is 4.98 Å². The van der Waals surface area contributed by atoms with E-state index in [2.05, 4.69) is 0 Å². The number of benzene rings is 2. The number of furan rings is 1. The van der Waals surface area contributed by atoms with Gasteiger partial charge in [0.2, 0.25) is 0 Å². The molecule has 0 radical (unpaired) electrons. The van der Waals surface area contributed by atoms with E-state index in [1.54, 1.807) is 36.5 Å². The Balaban J connectivity index is 1.74. The molecule has 30 heavy (non-hydrogen) atoms. The molecule has 0 saturated carbocycles. The van der Waals surface area contributed by atoms with E-state index in [1.807, 2.05) is 60.8 Å². The average molecular weight is 417 g/mol. The predicted octanol–water partition coefficient (Wildman–Crippen LogP) is 6.10. The lowest BCUT2D eigenvalue weighted by Crippen LogP contribution is -2.24. The maximum Gasteiger partial charge on any atom is 0.257 e. The van der Waals surface area contributed by atoms with E-state index in [0.717, 1.165) is 11.3 Å². The zero-order chi connectivity index (χ0) is 20.9. The SMILES string of the molecule is COc1ccccc1N(C(=O)C=Cc1ccco1)c1nc(-c2ccc(C)cc2)cs1. The molecule has 150 valence electrons. The first-order chi connectivity index (χ1) is 14.7. The minimum Gasteiger partial charge on any atom is -0.495 e. The van der Waals surface area contributed by atoms with Gasteiger partial charge in [0.15, 0.2) is 5.13 Å². The summed E-state index contributed by atoms with van der Waals surface area (Å²) in [5, 5.41) is 2.51. The number of aromatic nitrogens is 1. The maximum atomic E-state index is 13.2. The summed E-state index contributed by atoms with van der Waals surface area (Å²) in [4.78, 5) is 19.5. The van der Waals surface area contributed by atoms with Crippen LogP contribution in [0.15, 0.2) is 82.8 Å². The molecule has 0 atom stereocenters. The maximum absolute atomic E-state index is 13.2. The number of carbonyl (C=O) groups excluding carboxylic acids is 1. The van der Waals surface area contributed by atoms with E-state index in [0.29, 0.717) is 22.3 Å². The van der Waals surface area contributed by atoms with Crippen molar-refractivity contribution < 1.29 is 13.9 Å². The van der Waals surface area contributed by atoms with Crippen molar-refractivity contribution >= 4 is 34.1 Å². The van der Waals surface area contributed by atoms with Crippen molar-refractivity contribution in [3.8, 4) is 17.0 Å². The summed E-state index contributed by atoms with van der Waals surface area (Å²) in [5.74, 6) is 0.938. The van der Waals surface area contributed by atoms with Gasteiger partial charge < -0.3 is 9.15 Å². The number of anilines is 2. The second-order valence-corrected chi connectivity index (χ2v) is 7.41. The summed E-state index contributed by atoms with van der Waals surface area (Å²) in [6.07, 6.45) is 4.67. The second-order valence-electron chi connectivity index (χ2n) is 6.58. The third kappa shape index (κ3) is 4.18. The highest BCUT2D eigenvalue weighted by atomic mass is 32.1. The summed E-state index contributed by atoms with van der Waals surface area (Å²) in [5.41, 5.74) is 3.63. The number of nitrogens with zero attached hydrogens (tertiary/aromatic N) is 2. The predicted molar refractivity (Wildman–Crippen MR) is 120 cm³/mol. The molecule has 0 aliphatic heterocycles. The quantitative estimate of drug-likeness (QED) is 0.357. The number of aryl methyl sites for hydroxylation is 1. The fraction of sp³-hybridized carbons (Fsp3) is 0.0833. The number of methoxy groups -OCH3 is 1. The summed E-state index contributed by atoms with van der Waals surface area (Å²) >= 11 is 1.40. The molecule has 0 fully saturated rings. The molecule has 2 aromatic carbocycles. The van der Waals surface area contributed by atoms with Gasteiger partial charge in [0.05, 0.1) is 24.8 Å². The van der Waals surface area contributed by atoms with Crippen LogP contribution in [0.1, 0.15) is 11.3 Å². The van der Waals surface area contributed by atoms with Gasteiger partial charge in [-0.3, -0.25) is 4.79 Å². The topological polar surface area (TPSA) is 55.6 Å². The lowest BCUT2D eigenvalue weighted by Gasteiger charge is -2.20. The molecule has 0 N–H and O–H groups in total. The molecule has 0 aliphatic rings. The number of thiazole rings is 1. The van der Waals surface area contributed by atoms with Crippen LogP contribution in [0.2, 0.25) is 0 Å². The van der Waals surface area contributed by atoms with Gasteiger partial charge in [0.25, 0.3) is 5.91 Å². The van der Waals surface area contributed by atoms with Crippen LogP contribution in [0.3, 0.4) is 0 Å². The van der Waals surface area contributed by atoms with Gasteiger partial charge in [-0.05, 0) is 37.3 Å². The fourth-order valence-corrected chi connectivity index (χ4v) is 3.82. The van der Waals surface area contributed by atoms with E-state index in [9.17, 15) is 4.79 Å². The number of ether oxygens (including phenoxy) is 1. The van der Waals surface area contributed by atoms with Gasteiger partial charge in [0, 0.05) is 17.0 Å². The van der Waals surface area contributed by atoms with Gasteiger partial charge >= 0.3 is 0 Å². The Morgan fingerprint density at radius 3 is 2.63 bits per heavy atom. The molecule has 4 aromatic rings. The van der Waals surface area contributed by atoms with Crippen LogP contribution in [0.25, 0.3) is 17.3 Å². The van der Waals surface area contributed by atoms with Crippen molar-refractivity contribution in [2.24, 2.45) is 0 Å². The molecule has 2 heterocycles. The van der Waals surface area contributed by atoms with Crippen molar-refractivity contribution in [3.05, 3.63) is 89.7 Å². The first-order valence-electron chi connectivity index (χ1n) is 9.37. The Morgan fingerprint density at radius 1 is 1.10 bits per heavy atom. The summed E-state index contributed by atoms with van der Waals surface area (Å²) in [7, 11) is 1.58. The summed E-state index contributed by atoms with van der Waals surface area (Å²) in [6, 6.07) is 19.1. The van der Waals surface area contributed by atoms with E-state index in [4.69, 9.17) is 14.1 Å². The smallest absolute Gasteiger partial charge is 0.257 e. The first-order valence-corrected chi connectivity index (χ1v) is 10.2. The fourth-order valence-electron chi connectivity index (χ4n) is 2.97. The zero-order valence-electron chi connectivity index (χ0n) is 16.6. The van der Waals surface area contributed by atoms with Crippen molar-refractivity contribution in [2.45, 2.75) is 6.92 Å². The van der Waals surface area contributed by atoms with Gasteiger partial charge in [0.1, 0.15) is 11.5 Å². The van der Waals surface area contributed by atoms with Crippen LogP contribution in [-0.2, 0) is 4.79 Å². The van der Waals surface area contributed by atoms with E-state index < -0.39 is 0 Å². The minimum absolute atomic E-state index is 0.249. The van der Waals surface area contributed by atoms with E-state index in [-0.39, 0.29) is 5.91 Å². The largest absolute Gasteiger partial charge is 0.495 e. The monoisotopic (exact) mass is 416 g/mol. The number of para-hydroxylation sites is 2. The van der Waals surface area contributed by atoms with Gasteiger partial charge in [-0.15, -0.1) is 11.3 Å². The van der Waals surface area contributed by atoms with Crippen molar-refractivity contribution in [3.63, 3.8) is 0 Å². The van der Waals surface area contributed by atoms with Crippen molar-refractivity contribution in [2.75, 3.05) is 12.0 Å².